The molecule has 0 spiro atoms. The smallest absolute Gasteiger partial charge is 0.194 e. The molecule has 1 heterocycles. The number of ketones is 1. The standard InChI is InChI=1S/C38H23NO/c40-38-34-20-27-13-7-8-14-31(27)33(34)23-32(25-11-5-2-6-12-25)37(38)30-18-17-29-19-28-16-15-26(24-9-3-1-4-10-24)21-35(28)39-36(29)22-30/h1-23H. The van der Waals surface area contributed by atoms with Crippen LogP contribution in [0.3, 0.4) is 0 Å². The van der Waals surface area contributed by atoms with Gasteiger partial charge in [0.1, 0.15) is 0 Å². The van der Waals surface area contributed by atoms with E-state index in [1.54, 1.807) is 0 Å². The minimum atomic E-state index is 0.0547. The predicted octanol–water partition coefficient (Wildman–Crippen LogP) is 9.03. The van der Waals surface area contributed by atoms with Crippen molar-refractivity contribution < 1.29 is 4.79 Å². The van der Waals surface area contributed by atoms with E-state index >= 15 is 0 Å². The summed E-state index contributed by atoms with van der Waals surface area (Å²) in [5.74, 6) is 0.0547. The monoisotopic (exact) mass is 509 g/mol. The summed E-state index contributed by atoms with van der Waals surface area (Å²) >= 11 is 0. The molecule has 2 nitrogen and oxygen atoms in total. The van der Waals surface area contributed by atoms with E-state index in [1.807, 2.05) is 42.5 Å². The number of fused-ring (bicyclic) bond motifs is 5. The fourth-order valence-electron chi connectivity index (χ4n) is 5.98. The highest BCUT2D eigenvalue weighted by atomic mass is 16.1. The van der Waals surface area contributed by atoms with Gasteiger partial charge in [-0.2, -0.15) is 0 Å². The highest BCUT2D eigenvalue weighted by molar-refractivity contribution is 6.44. The van der Waals surface area contributed by atoms with Gasteiger partial charge < -0.3 is 0 Å². The maximum absolute atomic E-state index is 14.2. The van der Waals surface area contributed by atoms with Gasteiger partial charge in [0.2, 0.25) is 0 Å². The quantitative estimate of drug-likeness (QED) is 0.223. The van der Waals surface area contributed by atoms with Gasteiger partial charge in [-0.3, -0.25) is 4.79 Å². The second-order valence-electron chi connectivity index (χ2n) is 10.4. The first-order valence-corrected chi connectivity index (χ1v) is 13.5. The van der Waals surface area contributed by atoms with Crippen LogP contribution in [0.5, 0.6) is 0 Å². The molecule has 8 rings (SSSR count). The topological polar surface area (TPSA) is 30.0 Å². The summed E-state index contributed by atoms with van der Waals surface area (Å²) in [6, 6.07) is 43.6. The zero-order chi connectivity index (χ0) is 26.6. The first-order chi connectivity index (χ1) is 19.7. The Bertz CT molecular complexity index is 2100. The molecule has 40 heavy (non-hydrogen) atoms. The van der Waals surface area contributed by atoms with Crippen LogP contribution in [0.2, 0.25) is 0 Å². The molecule has 0 aliphatic heterocycles. The number of allylic oxidation sites excluding steroid dienone is 5. The third kappa shape index (κ3) is 3.58. The number of Topliss-reactive ketones (excluding diaryl/α,β-unsaturated/α-hetero) is 1. The minimum Gasteiger partial charge on any atom is -0.289 e. The Kier molecular flexibility index (Phi) is 5.01. The van der Waals surface area contributed by atoms with Crippen LogP contribution in [0.15, 0.2) is 139 Å². The van der Waals surface area contributed by atoms with Crippen LogP contribution in [0, 0.1) is 0 Å². The van der Waals surface area contributed by atoms with Crippen LogP contribution in [0.25, 0.3) is 55.7 Å². The maximum Gasteiger partial charge on any atom is 0.194 e. The normalized spacial score (nSPS) is 14.2. The van der Waals surface area contributed by atoms with Crippen molar-refractivity contribution >= 4 is 50.4 Å². The van der Waals surface area contributed by atoms with Crippen LogP contribution in [-0.2, 0) is 4.79 Å². The van der Waals surface area contributed by atoms with Crippen molar-refractivity contribution in [3.63, 3.8) is 0 Å². The van der Waals surface area contributed by atoms with Gasteiger partial charge in [-0.05, 0) is 74.9 Å². The Hall–Kier alpha value is -5.34. The number of carbonyl (C=O) groups excluding carboxylic acids is 1. The van der Waals surface area contributed by atoms with Crippen molar-refractivity contribution in [2.24, 2.45) is 0 Å². The van der Waals surface area contributed by atoms with Gasteiger partial charge in [-0.25, -0.2) is 4.98 Å². The lowest BCUT2D eigenvalue weighted by Crippen LogP contribution is -2.12. The maximum atomic E-state index is 14.2. The highest BCUT2D eigenvalue weighted by Gasteiger charge is 2.32. The molecular weight excluding hydrogens is 486 g/mol. The Morgan fingerprint density at radius 1 is 0.475 bits per heavy atom. The summed E-state index contributed by atoms with van der Waals surface area (Å²) in [7, 11) is 0. The lowest BCUT2D eigenvalue weighted by Gasteiger charge is -2.21. The largest absolute Gasteiger partial charge is 0.289 e. The molecular formula is C38H23NO. The first kappa shape index (κ1) is 22.6. The van der Waals surface area contributed by atoms with Crippen LogP contribution in [0.1, 0.15) is 22.3 Å². The molecule has 2 aliphatic rings. The molecule has 0 amide bonds. The molecule has 0 saturated carbocycles. The summed E-state index contributed by atoms with van der Waals surface area (Å²) < 4.78 is 0. The number of hydrogen-bond acceptors (Lipinski definition) is 2. The van der Waals surface area contributed by atoms with E-state index < -0.39 is 0 Å². The number of benzene rings is 5. The van der Waals surface area contributed by atoms with E-state index in [0.717, 1.165) is 71.9 Å². The van der Waals surface area contributed by atoms with E-state index in [-0.39, 0.29) is 5.78 Å². The van der Waals surface area contributed by atoms with Crippen molar-refractivity contribution in [2.75, 3.05) is 0 Å². The van der Waals surface area contributed by atoms with E-state index in [9.17, 15) is 4.79 Å². The average Bonchev–Trinajstić information content (AvgIpc) is 3.39. The van der Waals surface area contributed by atoms with Gasteiger partial charge in [0.05, 0.1) is 11.0 Å². The van der Waals surface area contributed by atoms with Crippen molar-refractivity contribution in [3.05, 3.63) is 161 Å². The number of hydrogen-bond donors (Lipinski definition) is 0. The Labute approximate surface area is 232 Å². The zero-order valence-corrected chi connectivity index (χ0v) is 21.6. The third-order valence-corrected chi connectivity index (χ3v) is 7.96. The van der Waals surface area contributed by atoms with Crippen LogP contribution in [0.4, 0.5) is 0 Å². The lowest BCUT2D eigenvalue weighted by atomic mass is 9.81. The van der Waals surface area contributed by atoms with Crippen molar-refractivity contribution in [1.29, 1.82) is 0 Å². The van der Waals surface area contributed by atoms with Gasteiger partial charge in [0.25, 0.3) is 0 Å². The predicted molar refractivity (Wildman–Crippen MR) is 165 cm³/mol. The highest BCUT2D eigenvalue weighted by Crippen LogP contribution is 2.46. The molecule has 2 aliphatic carbocycles. The van der Waals surface area contributed by atoms with E-state index in [2.05, 4.69) is 97.1 Å². The van der Waals surface area contributed by atoms with E-state index in [0.29, 0.717) is 0 Å². The Balaban J connectivity index is 1.32. The number of nitrogens with zero attached hydrogens (tertiary/aromatic N) is 1. The molecule has 5 aromatic carbocycles. The van der Waals surface area contributed by atoms with Gasteiger partial charge in [-0.15, -0.1) is 0 Å². The molecule has 0 bridgehead atoms. The fraction of sp³-hybridized carbons (Fsp3) is 0. The lowest BCUT2D eigenvalue weighted by molar-refractivity contribution is -0.110. The Morgan fingerprint density at radius 2 is 1.10 bits per heavy atom. The molecule has 0 fully saturated rings. The molecule has 0 N–H and O–H groups in total. The van der Waals surface area contributed by atoms with Crippen molar-refractivity contribution in [2.45, 2.75) is 0 Å². The molecule has 6 aromatic rings. The number of aromatic nitrogens is 1. The van der Waals surface area contributed by atoms with Gasteiger partial charge in [0.15, 0.2) is 5.78 Å². The van der Waals surface area contributed by atoms with Crippen LogP contribution in [-0.4, -0.2) is 10.8 Å². The van der Waals surface area contributed by atoms with Crippen LogP contribution >= 0.6 is 0 Å². The van der Waals surface area contributed by atoms with Crippen LogP contribution < -0.4 is 0 Å². The molecule has 1 aromatic heterocycles. The van der Waals surface area contributed by atoms with Gasteiger partial charge in [-0.1, -0.05) is 109 Å². The molecule has 0 unspecified atom stereocenters. The molecule has 2 heteroatoms. The summed E-state index contributed by atoms with van der Waals surface area (Å²) in [5, 5.41) is 2.15. The van der Waals surface area contributed by atoms with Crippen molar-refractivity contribution in [3.8, 4) is 11.1 Å². The number of pyridine rings is 1. The minimum absolute atomic E-state index is 0.0547. The van der Waals surface area contributed by atoms with Gasteiger partial charge in [0, 0.05) is 21.9 Å². The van der Waals surface area contributed by atoms with Crippen molar-refractivity contribution in [1.82, 2.24) is 4.98 Å². The summed E-state index contributed by atoms with van der Waals surface area (Å²) in [6.07, 6.45) is 4.22. The third-order valence-electron chi connectivity index (χ3n) is 7.96. The second kappa shape index (κ2) is 8.86. The molecule has 0 atom stereocenters. The first-order valence-electron chi connectivity index (χ1n) is 13.5. The summed E-state index contributed by atoms with van der Waals surface area (Å²) in [4.78, 5) is 19.3. The fourth-order valence-corrected chi connectivity index (χ4v) is 5.98. The summed E-state index contributed by atoms with van der Waals surface area (Å²) in [5.41, 5.74) is 11.7. The van der Waals surface area contributed by atoms with E-state index in [1.165, 1.54) is 5.56 Å². The SMILES string of the molecule is O=C1C2=Cc3ccccc3C2=CC(c2ccccc2)=C1c1ccc2cc3ccc(-c4ccccc4)cc3nc2c1. The molecule has 0 radical (unpaired) electrons. The van der Waals surface area contributed by atoms with Gasteiger partial charge >= 0.3 is 0 Å². The molecule has 186 valence electrons. The zero-order valence-electron chi connectivity index (χ0n) is 21.6. The Morgan fingerprint density at radius 3 is 1.85 bits per heavy atom. The number of carbonyl (C=O) groups is 1. The second-order valence-corrected chi connectivity index (χ2v) is 10.4. The van der Waals surface area contributed by atoms with E-state index in [4.69, 9.17) is 4.98 Å². The molecule has 0 saturated heterocycles. The average molecular weight is 510 g/mol. The summed E-state index contributed by atoms with van der Waals surface area (Å²) in [6.45, 7) is 0. The number of rotatable bonds is 3.